The number of nitrogens with zero attached hydrogens (tertiary/aromatic N) is 1. The van der Waals surface area contributed by atoms with Crippen LogP contribution in [0.4, 0.5) is 0 Å². The minimum atomic E-state index is -1.42. The Morgan fingerprint density at radius 2 is 1.79 bits per heavy atom. The van der Waals surface area contributed by atoms with Gasteiger partial charge in [-0.05, 0) is 43.4 Å². The quantitative estimate of drug-likeness (QED) is 0.550. The molecule has 1 aromatic carbocycles. The molecule has 1 amide bonds. The van der Waals surface area contributed by atoms with E-state index >= 15 is 0 Å². The molecule has 2 fully saturated rings. The van der Waals surface area contributed by atoms with Crippen LogP contribution in [0.2, 0.25) is 0 Å². The van der Waals surface area contributed by atoms with Crippen molar-refractivity contribution in [2.45, 2.75) is 63.7 Å². The highest BCUT2D eigenvalue weighted by Crippen LogP contribution is 2.53. The number of carbonyl (C=O) groups excluding carboxylic acids is 3. The molecule has 1 saturated heterocycles. The molecule has 4 rings (SSSR count). The highest BCUT2D eigenvalue weighted by molar-refractivity contribution is 5.81. The minimum Gasteiger partial charge on any atom is -0.454 e. The SMILES string of the molecule is CC(=O)OC1(OC(C)=O)CCCC12CCC(=O)N2CCc1ccc2c(c1)OCO2. The smallest absolute Gasteiger partial charge is 0.306 e. The van der Waals surface area contributed by atoms with E-state index in [-0.39, 0.29) is 12.7 Å². The molecule has 8 nitrogen and oxygen atoms in total. The molecule has 0 aromatic heterocycles. The van der Waals surface area contributed by atoms with E-state index in [9.17, 15) is 14.4 Å². The van der Waals surface area contributed by atoms with Crippen LogP contribution in [0.5, 0.6) is 11.5 Å². The second kappa shape index (κ2) is 7.24. The first kappa shape index (κ1) is 19.5. The van der Waals surface area contributed by atoms with Gasteiger partial charge in [-0.1, -0.05) is 6.07 Å². The summed E-state index contributed by atoms with van der Waals surface area (Å²) < 4.78 is 22.0. The maximum absolute atomic E-state index is 12.8. The normalized spacial score (nSPS) is 24.2. The van der Waals surface area contributed by atoms with Crippen molar-refractivity contribution >= 4 is 17.8 Å². The molecule has 0 bridgehead atoms. The van der Waals surface area contributed by atoms with Crippen LogP contribution in [0.3, 0.4) is 0 Å². The van der Waals surface area contributed by atoms with Gasteiger partial charge in [0, 0.05) is 33.2 Å². The molecule has 1 aromatic rings. The van der Waals surface area contributed by atoms with E-state index in [0.29, 0.717) is 56.6 Å². The summed E-state index contributed by atoms with van der Waals surface area (Å²) in [6, 6.07) is 5.72. The zero-order valence-corrected chi connectivity index (χ0v) is 16.7. The summed E-state index contributed by atoms with van der Waals surface area (Å²) in [7, 11) is 0. The number of esters is 2. The minimum absolute atomic E-state index is 0.0173. The molecule has 1 atom stereocenters. The predicted octanol–water partition coefficient (Wildman–Crippen LogP) is 2.33. The molecule has 8 heteroatoms. The van der Waals surface area contributed by atoms with Crippen LogP contribution in [-0.4, -0.2) is 47.4 Å². The fourth-order valence-electron chi connectivity index (χ4n) is 4.97. The number of amides is 1. The lowest BCUT2D eigenvalue weighted by molar-refractivity contribution is -0.259. The van der Waals surface area contributed by atoms with Gasteiger partial charge in [0.05, 0.1) is 0 Å². The Balaban J connectivity index is 1.60. The summed E-state index contributed by atoms with van der Waals surface area (Å²) in [5.74, 6) is -1.09. The topological polar surface area (TPSA) is 91.4 Å². The van der Waals surface area contributed by atoms with E-state index in [1.165, 1.54) is 13.8 Å². The van der Waals surface area contributed by atoms with E-state index in [2.05, 4.69) is 0 Å². The molecular formula is C21H25NO7. The molecule has 2 heterocycles. The van der Waals surface area contributed by atoms with Gasteiger partial charge in [-0.15, -0.1) is 0 Å². The van der Waals surface area contributed by atoms with Crippen molar-refractivity contribution in [2.75, 3.05) is 13.3 Å². The van der Waals surface area contributed by atoms with Gasteiger partial charge in [0.15, 0.2) is 11.5 Å². The number of ether oxygens (including phenoxy) is 4. The monoisotopic (exact) mass is 403 g/mol. The van der Waals surface area contributed by atoms with Crippen molar-refractivity contribution in [3.05, 3.63) is 23.8 Å². The van der Waals surface area contributed by atoms with Crippen molar-refractivity contribution in [1.82, 2.24) is 4.90 Å². The van der Waals surface area contributed by atoms with E-state index < -0.39 is 23.3 Å². The molecule has 2 aliphatic heterocycles. The maximum Gasteiger partial charge on any atom is 0.306 e. The molecule has 0 radical (unpaired) electrons. The number of hydrogen-bond donors (Lipinski definition) is 0. The lowest BCUT2D eigenvalue weighted by Crippen LogP contribution is -2.62. The average molecular weight is 403 g/mol. The van der Waals surface area contributed by atoms with Crippen molar-refractivity contribution in [3.63, 3.8) is 0 Å². The molecule has 1 spiro atoms. The molecule has 3 aliphatic rings. The Morgan fingerprint density at radius 1 is 1.07 bits per heavy atom. The van der Waals surface area contributed by atoms with Crippen LogP contribution in [0.1, 0.15) is 51.5 Å². The molecule has 1 saturated carbocycles. The molecule has 1 unspecified atom stereocenters. The van der Waals surface area contributed by atoms with Gasteiger partial charge in [0.25, 0.3) is 5.79 Å². The number of likely N-dealkylation sites (tertiary alicyclic amines) is 1. The number of fused-ring (bicyclic) bond motifs is 1. The number of benzene rings is 1. The summed E-state index contributed by atoms with van der Waals surface area (Å²) in [6.45, 7) is 3.23. The first-order valence-corrected chi connectivity index (χ1v) is 9.93. The first-order valence-electron chi connectivity index (χ1n) is 9.93. The molecule has 156 valence electrons. The van der Waals surface area contributed by atoms with E-state index in [1.807, 2.05) is 18.2 Å². The van der Waals surface area contributed by atoms with Gasteiger partial charge in [-0.25, -0.2) is 0 Å². The zero-order chi connectivity index (χ0) is 20.6. The van der Waals surface area contributed by atoms with Crippen LogP contribution < -0.4 is 9.47 Å². The van der Waals surface area contributed by atoms with Gasteiger partial charge in [-0.3, -0.25) is 14.4 Å². The van der Waals surface area contributed by atoms with Gasteiger partial charge >= 0.3 is 11.9 Å². The predicted molar refractivity (Wildman–Crippen MR) is 100 cm³/mol. The molecular weight excluding hydrogens is 378 g/mol. The summed E-state index contributed by atoms with van der Waals surface area (Å²) >= 11 is 0. The number of hydrogen-bond acceptors (Lipinski definition) is 7. The van der Waals surface area contributed by atoms with Crippen LogP contribution in [0, 0.1) is 0 Å². The third-order valence-electron chi connectivity index (χ3n) is 6.05. The van der Waals surface area contributed by atoms with E-state index in [4.69, 9.17) is 18.9 Å². The van der Waals surface area contributed by atoms with Gasteiger partial charge in [-0.2, -0.15) is 0 Å². The average Bonchev–Trinajstić information content (AvgIpc) is 3.32. The molecule has 29 heavy (non-hydrogen) atoms. The largest absolute Gasteiger partial charge is 0.454 e. The Kier molecular flexibility index (Phi) is 4.88. The highest BCUT2D eigenvalue weighted by atomic mass is 16.7. The van der Waals surface area contributed by atoms with Crippen molar-refractivity contribution in [3.8, 4) is 11.5 Å². The summed E-state index contributed by atoms with van der Waals surface area (Å²) in [5.41, 5.74) is 0.185. The fourth-order valence-corrected chi connectivity index (χ4v) is 4.97. The maximum atomic E-state index is 12.8. The van der Waals surface area contributed by atoms with Crippen LogP contribution in [-0.2, 0) is 30.3 Å². The highest BCUT2D eigenvalue weighted by Gasteiger charge is 2.66. The van der Waals surface area contributed by atoms with Crippen LogP contribution in [0.15, 0.2) is 18.2 Å². The van der Waals surface area contributed by atoms with Gasteiger partial charge in [0.2, 0.25) is 12.7 Å². The van der Waals surface area contributed by atoms with Crippen molar-refractivity contribution in [2.24, 2.45) is 0 Å². The lowest BCUT2D eigenvalue weighted by Gasteiger charge is -2.46. The van der Waals surface area contributed by atoms with Crippen LogP contribution in [0.25, 0.3) is 0 Å². The van der Waals surface area contributed by atoms with Gasteiger partial charge < -0.3 is 23.8 Å². The van der Waals surface area contributed by atoms with E-state index in [0.717, 1.165) is 5.56 Å². The third kappa shape index (κ3) is 3.30. The second-order valence-corrected chi connectivity index (χ2v) is 7.81. The summed E-state index contributed by atoms with van der Waals surface area (Å²) in [5, 5.41) is 0. The second-order valence-electron chi connectivity index (χ2n) is 7.81. The summed E-state index contributed by atoms with van der Waals surface area (Å²) in [4.78, 5) is 38.3. The first-order chi connectivity index (χ1) is 13.9. The van der Waals surface area contributed by atoms with Crippen molar-refractivity contribution in [1.29, 1.82) is 0 Å². The van der Waals surface area contributed by atoms with Crippen molar-refractivity contribution < 1.29 is 33.3 Å². The van der Waals surface area contributed by atoms with Gasteiger partial charge in [0.1, 0.15) is 5.54 Å². The Morgan fingerprint density at radius 3 is 2.52 bits per heavy atom. The van der Waals surface area contributed by atoms with Crippen LogP contribution >= 0.6 is 0 Å². The Bertz CT molecular complexity index is 835. The molecule has 0 N–H and O–H groups in total. The summed E-state index contributed by atoms with van der Waals surface area (Å²) in [6.07, 6.45) is 3.15. The van der Waals surface area contributed by atoms with E-state index in [1.54, 1.807) is 4.90 Å². The molecule has 1 aliphatic carbocycles. The fraction of sp³-hybridized carbons (Fsp3) is 0.571. The Hall–Kier alpha value is -2.77. The number of carbonyl (C=O) groups is 3. The Labute approximate surface area is 169 Å². The number of rotatable bonds is 5. The zero-order valence-electron chi connectivity index (χ0n) is 16.7. The standard InChI is InChI=1S/C21H25NO7/c1-14(23)28-21(29-15(2)24)9-3-8-20(21)10-6-19(25)22(20)11-7-16-4-5-17-18(12-16)27-13-26-17/h4-5,12H,3,6-11,13H2,1-2H3. The lowest BCUT2D eigenvalue weighted by atomic mass is 9.88. The third-order valence-corrected chi connectivity index (χ3v) is 6.05.